The van der Waals surface area contributed by atoms with Crippen LogP contribution in [0.5, 0.6) is 11.5 Å². The summed E-state index contributed by atoms with van der Waals surface area (Å²) in [6, 6.07) is 4.63. The summed E-state index contributed by atoms with van der Waals surface area (Å²) in [5.74, 6) is -14.6. The first-order valence-corrected chi connectivity index (χ1v) is 7.21. The van der Waals surface area contributed by atoms with Gasteiger partial charge in [-0.3, -0.25) is 4.79 Å². The number of rotatable bonds is 5. The minimum Gasteiger partial charge on any atom is -0.454 e. The first-order valence-electron chi connectivity index (χ1n) is 7.21. The maximum Gasteiger partial charge on any atom is 0.460 e. The number of nitrogens with one attached hydrogen (secondary N) is 1. The minimum absolute atomic E-state index is 0.0883. The van der Waals surface area contributed by atoms with Crippen LogP contribution in [0.2, 0.25) is 0 Å². The zero-order chi connectivity index (χ0) is 20.0. The van der Waals surface area contributed by atoms with E-state index < -0.39 is 29.5 Å². The van der Waals surface area contributed by atoms with Crippen molar-refractivity contribution in [3.8, 4) is 11.5 Å². The Bertz CT molecular complexity index is 701. The molecular formula is C15H14F7NO3. The van der Waals surface area contributed by atoms with E-state index in [0.29, 0.717) is 11.3 Å². The summed E-state index contributed by atoms with van der Waals surface area (Å²) in [6.45, 7) is 2.30. The molecule has 1 aliphatic heterocycles. The van der Waals surface area contributed by atoms with Crippen LogP contribution < -0.4 is 14.8 Å². The molecule has 0 spiro atoms. The molecule has 146 valence electrons. The molecule has 0 bridgehead atoms. The van der Waals surface area contributed by atoms with Gasteiger partial charge in [0.2, 0.25) is 6.79 Å². The average Bonchev–Trinajstić information content (AvgIpc) is 2.94. The van der Waals surface area contributed by atoms with E-state index in [1.54, 1.807) is 17.4 Å². The fourth-order valence-corrected chi connectivity index (χ4v) is 2.36. The third-order valence-electron chi connectivity index (χ3n) is 3.60. The van der Waals surface area contributed by atoms with Crippen LogP contribution in [0.4, 0.5) is 30.7 Å². The van der Waals surface area contributed by atoms with Crippen molar-refractivity contribution in [3.63, 3.8) is 0 Å². The van der Waals surface area contributed by atoms with Gasteiger partial charge in [0.05, 0.1) is 0 Å². The van der Waals surface area contributed by atoms with Crippen LogP contribution in [-0.4, -0.2) is 36.3 Å². The second-order valence-corrected chi connectivity index (χ2v) is 6.31. The Balaban J connectivity index is 2.19. The molecule has 1 N–H and O–H groups in total. The van der Waals surface area contributed by atoms with E-state index in [1.165, 1.54) is 19.9 Å². The topological polar surface area (TPSA) is 47.6 Å². The van der Waals surface area contributed by atoms with Crippen LogP contribution in [-0.2, 0) is 11.2 Å². The Morgan fingerprint density at radius 1 is 1.08 bits per heavy atom. The number of carbonyl (C=O) groups is 1. The largest absolute Gasteiger partial charge is 0.460 e. The zero-order valence-corrected chi connectivity index (χ0v) is 13.5. The number of halogens is 7. The predicted octanol–water partition coefficient (Wildman–Crippen LogP) is 3.69. The van der Waals surface area contributed by atoms with Crippen LogP contribution in [0.15, 0.2) is 18.2 Å². The molecule has 26 heavy (non-hydrogen) atoms. The second kappa shape index (κ2) is 6.20. The maximum absolute atomic E-state index is 13.5. The monoisotopic (exact) mass is 389 g/mol. The number of fused-ring (bicyclic) bond motifs is 1. The molecule has 1 amide bonds. The van der Waals surface area contributed by atoms with E-state index in [0.717, 1.165) is 0 Å². The van der Waals surface area contributed by atoms with Gasteiger partial charge in [0.25, 0.3) is 5.91 Å². The SMILES string of the molecule is CC(C)(Cc1cccc2c1OCO2)NC(=O)C(F)(F)C(F)(F)C(F)(F)F. The number of ether oxygens (including phenoxy) is 2. The first-order chi connectivity index (χ1) is 11.7. The van der Waals surface area contributed by atoms with Crippen molar-refractivity contribution in [2.75, 3.05) is 6.79 Å². The molecule has 1 aromatic carbocycles. The van der Waals surface area contributed by atoms with Gasteiger partial charge < -0.3 is 14.8 Å². The summed E-state index contributed by atoms with van der Waals surface area (Å²) in [7, 11) is 0. The van der Waals surface area contributed by atoms with Crippen molar-refractivity contribution in [2.45, 2.75) is 43.8 Å². The van der Waals surface area contributed by atoms with Gasteiger partial charge in [-0.05, 0) is 26.3 Å². The summed E-state index contributed by atoms with van der Waals surface area (Å²) in [5.41, 5.74) is -1.18. The number of carbonyl (C=O) groups excluding carboxylic acids is 1. The standard InChI is InChI=1S/C15H14F7NO3/c1-12(2,6-8-4-3-5-9-10(8)26-7-25-9)23-11(24)13(16,17)14(18,19)15(20,21)22/h3-5H,6-7H2,1-2H3,(H,23,24). The molecule has 0 aromatic heterocycles. The van der Waals surface area contributed by atoms with E-state index >= 15 is 0 Å². The fourth-order valence-electron chi connectivity index (χ4n) is 2.36. The van der Waals surface area contributed by atoms with Crippen LogP contribution in [0, 0.1) is 0 Å². The Labute approximate surface area is 143 Å². The lowest BCUT2D eigenvalue weighted by Gasteiger charge is -2.32. The third kappa shape index (κ3) is 3.51. The number of alkyl halides is 7. The normalized spacial score (nSPS) is 15.1. The van der Waals surface area contributed by atoms with Gasteiger partial charge in [0.15, 0.2) is 11.5 Å². The van der Waals surface area contributed by atoms with E-state index in [9.17, 15) is 35.5 Å². The number of hydrogen-bond donors (Lipinski definition) is 1. The van der Waals surface area contributed by atoms with Crippen molar-refractivity contribution in [3.05, 3.63) is 23.8 Å². The summed E-state index contributed by atoms with van der Waals surface area (Å²) in [6.07, 6.45) is -6.76. The Hall–Kier alpha value is -2.20. The maximum atomic E-state index is 13.5. The zero-order valence-electron chi connectivity index (χ0n) is 13.5. The molecule has 4 nitrogen and oxygen atoms in total. The van der Waals surface area contributed by atoms with Gasteiger partial charge in [-0.25, -0.2) is 0 Å². The van der Waals surface area contributed by atoms with Gasteiger partial charge >= 0.3 is 18.0 Å². The average molecular weight is 389 g/mol. The quantitative estimate of drug-likeness (QED) is 0.782. The van der Waals surface area contributed by atoms with Crippen molar-refractivity contribution >= 4 is 5.91 Å². The molecular weight excluding hydrogens is 375 g/mol. The number of para-hydroxylation sites is 1. The molecule has 2 rings (SSSR count). The Morgan fingerprint density at radius 2 is 1.69 bits per heavy atom. The molecule has 0 saturated carbocycles. The van der Waals surface area contributed by atoms with Crippen LogP contribution in [0.1, 0.15) is 19.4 Å². The smallest absolute Gasteiger partial charge is 0.454 e. The summed E-state index contributed by atoms with van der Waals surface area (Å²) < 4.78 is 99.7. The number of benzene rings is 1. The van der Waals surface area contributed by atoms with Gasteiger partial charge in [0.1, 0.15) is 0 Å². The highest BCUT2D eigenvalue weighted by Gasteiger charge is 2.76. The summed E-state index contributed by atoms with van der Waals surface area (Å²) in [5, 5.41) is 1.55. The van der Waals surface area contributed by atoms with Gasteiger partial charge in [-0.2, -0.15) is 30.7 Å². The molecule has 0 radical (unpaired) electrons. The first kappa shape index (κ1) is 20.1. The highest BCUT2D eigenvalue weighted by atomic mass is 19.4. The highest BCUT2D eigenvalue weighted by molar-refractivity contribution is 5.85. The summed E-state index contributed by atoms with van der Waals surface area (Å²) in [4.78, 5) is 11.5. The van der Waals surface area contributed by atoms with Crippen LogP contribution in [0.3, 0.4) is 0 Å². The second-order valence-electron chi connectivity index (χ2n) is 6.31. The van der Waals surface area contributed by atoms with Crippen LogP contribution >= 0.6 is 0 Å². The Kier molecular flexibility index (Phi) is 4.80. The van der Waals surface area contributed by atoms with E-state index in [2.05, 4.69) is 0 Å². The van der Waals surface area contributed by atoms with Crippen LogP contribution in [0.25, 0.3) is 0 Å². The molecule has 1 aliphatic rings. The van der Waals surface area contributed by atoms with E-state index in [-0.39, 0.29) is 19.0 Å². The predicted molar refractivity (Wildman–Crippen MR) is 74.4 cm³/mol. The van der Waals surface area contributed by atoms with E-state index in [1.807, 2.05) is 0 Å². The van der Waals surface area contributed by atoms with E-state index in [4.69, 9.17) is 9.47 Å². The molecule has 0 aliphatic carbocycles. The van der Waals surface area contributed by atoms with Gasteiger partial charge in [-0.15, -0.1) is 0 Å². The summed E-state index contributed by atoms with van der Waals surface area (Å²) >= 11 is 0. The fraction of sp³-hybridized carbons (Fsp3) is 0.533. The van der Waals surface area contributed by atoms with Gasteiger partial charge in [-0.1, -0.05) is 12.1 Å². The molecule has 11 heteroatoms. The van der Waals surface area contributed by atoms with Gasteiger partial charge in [0, 0.05) is 11.1 Å². The van der Waals surface area contributed by atoms with Crippen molar-refractivity contribution < 1.29 is 45.0 Å². The minimum atomic E-state index is -6.58. The molecule has 1 aromatic rings. The number of amides is 1. The third-order valence-corrected chi connectivity index (χ3v) is 3.60. The lowest BCUT2D eigenvalue weighted by atomic mass is 9.93. The van der Waals surface area contributed by atoms with Crippen molar-refractivity contribution in [1.29, 1.82) is 0 Å². The lowest BCUT2D eigenvalue weighted by molar-refractivity contribution is -0.344. The molecule has 0 unspecified atom stereocenters. The highest BCUT2D eigenvalue weighted by Crippen LogP contribution is 2.46. The molecule has 0 fully saturated rings. The van der Waals surface area contributed by atoms with Crippen molar-refractivity contribution in [1.82, 2.24) is 5.32 Å². The van der Waals surface area contributed by atoms with Crippen molar-refractivity contribution in [2.24, 2.45) is 0 Å². The molecule has 0 atom stereocenters. The number of hydrogen-bond acceptors (Lipinski definition) is 3. The molecule has 0 saturated heterocycles. The lowest BCUT2D eigenvalue weighted by Crippen LogP contribution is -2.62. The Morgan fingerprint density at radius 3 is 2.27 bits per heavy atom. The molecule has 1 heterocycles.